The minimum absolute atomic E-state index is 0.811. The second-order valence-electron chi connectivity index (χ2n) is 3.34. The Balaban J connectivity index is 2.50. The fourth-order valence-electron chi connectivity index (χ4n) is 1.22. The molecular formula is C12H17NOS. The van der Waals surface area contributed by atoms with Crippen molar-refractivity contribution >= 4 is 17.2 Å². The van der Waals surface area contributed by atoms with Gasteiger partial charge in [0.1, 0.15) is 10.7 Å². The molecule has 0 unspecified atom stereocenters. The number of hydrogen-bond acceptors (Lipinski definition) is 2. The van der Waals surface area contributed by atoms with Crippen LogP contribution in [0.15, 0.2) is 24.3 Å². The molecule has 2 nitrogen and oxygen atoms in total. The Morgan fingerprint density at radius 1 is 1.33 bits per heavy atom. The van der Waals surface area contributed by atoms with Gasteiger partial charge in [-0.3, -0.25) is 0 Å². The molecule has 0 aliphatic carbocycles. The van der Waals surface area contributed by atoms with E-state index < -0.39 is 0 Å². The summed E-state index contributed by atoms with van der Waals surface area (Å²) in [5.41, 5.74) is 1.04. The number of thiocarbonyl (C=S) groups is 1. The normalized spacial score (nSPS) is 9.73. The summed E-state index contributed by atoms with van der Waals surface area (Å²) in [4.78, 5) is 0.811. The minimum Gasteiger partial charge on any atom is -0.497 e. The van der Waals surface area contributed by atoms with Crippen molar-refractivity contribution in [2.75, 3.05) is 13.7 Å². The summed E-state index contributed by atoms with van der Waals surface area (Å²) >= 11 is 5.26. The summed E-state index contributed by atoms with van der Waals surface area (Å²) in [7, 11) is 1.66. The van der Waals surface area contributed by atoms with Crippen LogP contribution in [0.5, 0.6) is 5.75 Å². The summed E-state index contributed by atoms with van der Waals surface area (Å²) in [6.07, 6.45) is 2.33. The highest BCUT2D eigenvalue weighted by molar-refractivity contribution is 7.80. The van der Waals surface area contributed by atoms with Gasteiger partial charge in [0, 0.05) is 12.1 Å². The smallest absolute Gasteiger partial charge is 0.118 e. The maximum absolute atomic E-state index is 5.26. The maximum Gasteiger partial charge on any atom is 0.118 e. The molecule has 0 saturated carbocycles. The van der Waals surface area contributed by atoms with Gasteiger partial charge < -0.3 is 10.1 Å². The Morgan fingerprint density at radius 3 is 2.53 bits per heavy atom. The van der Waals surface area contributed by atoms with Crippen molar-refractivity contribution in [3.05, 3.63) is 29.8 Å². The van der Waals surface area contributed by atoms with E-state index in [0.29, 0.717) is 0 Å². The Bertz CT molecular complexity index is 308. The van der Waals surface area contributed by atoms with Crippen molar-refractivity contribution in [3.8, 4) is 5.75 Å². The molecule has 1 rings (SSSR count). The van der Waals surface area contributed by atoms with Crippen LogP contribution in [0.3, 0.4) is 0 Å². The van der Waals surface area contributed by atoms with Crippen molar-refractivity contribution in [1.29, 1.82) is 0 Å². The van der Waals surface area contributed by atoms with Gasteiger partial charge in [0.25, 0.3) is 0 Å². The molecule has 0 aliphatic heterocycles. The highest BCUT2D eigenvalue weighted by Crippen LogP contribution is 2.11. The number of nitrogens with one attached hydrogen (secondary N) is 1. The van der Waals surface area contributed by atoms with Crippen molar-refractivity contribution in [1.82, 2.24) is 5.32 Å². The van der Waals surface area contributed by atoms with Crippen LogP contribution in [0.25, 0.3) is 0 Å². The second kappa shape index (κ2) is 6.40. The predicted octanol–water partition coefficient (Wildman–Crippen LogP) is 2.76. The average molecular weight is 223 g/mol. The molecule has 0 saturated heterocycles. The zero-order valence-corrected chi connectivity index (χ0v) is 10.1. The van der Waals surface area contributed by atoms with Gasteiger partial charge in [-0.1, -0.05) is 25.6 Å². The fraction of sp³-hybridized carbons (Fsp3) is 0.417. The highest BCUT2D eigenvalue weighted by Gasteiger charge is 1.99. The molecule has 0 aliphatic rings. The van der Waals surface area contributed by atoms with E-state index in [1.165, 1.54) is 6.42 Å². The third-order valence-corrected chi connectivity index (χ3v) is 2.55. The lowest BCUT2D eigenvalue weighted by Gasteiger charge is -2.07. The number of ether oxygens (including phenoxy) is 1. The molecule has 82 valence electrons. The Hall–Kier alpha value is -1.09. The third kappa shape index (κ3) is 3.88. The summed E-state index contributed by atoms with van der Waals surface area (Å²) < 4.78 is 5.08. The third-order valence-electron chi connectivity index (χ3n) is 2.17. The zero-order chi connectivity index (χ0) is 11.1. The van der Waals surface area contributed by atoms with Gasteiger partial charge >= 0.3 is 0 Å². The molecule has 0 amide bonds. The number of hydrogen-bond donors (Lipinski definition) is 1. The summed E-state index contributed by atoms with van der Waals surface area (Å²) in [6.45, 7) is 3.11. The molecule has 1 N–H and O–H groups in total. The van der Waals surface area contributed by atoms with E-state index in [1.807, 2.05) is 24.3 Å². The molecule has 1 aromatic rings. The average Bonchev–Trinajstić information content (AvgIpc) is 2.29. The molecular weight excluding hydrogens is 206 g/mol. The number of benzene rings is 1. The van der Waals surface area contributed by atoms with Crippen LogP contribution < -0.4 is 10.1 Å². The molecule has 0 spiro atoms. The lowest BCUT2D eigenvalue weighted by Crippen LogP contribution is -2.23. The monoisotopic (exact) mass is 223 g/mol. The fourth-order valence-corrected chi connectivity index (χ4v) is 1.46. The van der Waals surface area contributed by atoms with E-state index in [2.05, 4.69) is 12.2 Å². The van der Waals surface area contributed by atoms with E-state index in [4.69, 9.17) is 17.0 Å². The molecule has 0 radical (unpaired) electrons. The first-order valence-corrected chi connectivity index (χ1v) is 5.61. The van der Waals surface area contributed by atoms with E-state index in [1.54, 1.807) is 7.11 Å². The standard InChI is InChI=1S/C12H17NOS/c1-3-4-9-13-12(15)10-5-7-11(14-2)8-6-10/h5-8H,3-4,9H2,1-2H3,(H,13,15). The van der Waals surface area contributed by atoms with Crippen LogP contribution in [0.4, 0.5) is 0 Å². The number of rotatable bonds is 5. The van der Waals surface area contributed by atoms with Crippen molar-refractivity contribution in [2.24, 2.45) is 0 Å². The molecule has 0 atom stereocenters. The second-order valence-corrected chi connectivity index (χ2v) is 3.75. The first kappa shape index (κ1) is 12.0. The Kier molecular flexibility index (Phi) is 5.12. The largest absolute Gasteiger partial charge is 0.497 e. The molecule has 3 heteroatoms. The first-order valence-electron chi connectivity index (χ1n) is 5.20. The first-order chi connectivity index (χ1) is 7.27. The molecule has 0 heterocycles. The Morgan fingerprint density at radius 2 is 2.00 bits per heavy atom. The van der Waals surface area contributed by atoms with Crippen LogP contribution in [-0.4, -0.2) is 18.6 Å². The number of methoxy groups -OCH3 is 1. The summed E-state index contributed by atoms with van der Waals surface area (Å²) in [6, 6.07) is 7.78. The molecule has 15 heavy (non-hydrogen) atoms. The van der Waals surface area contributed by atoms with E-state index in [0.717, 1.165) is 29.3 Å². The van der Waals surface area contributed by atoms with Crippen molar-refractivity contribution in [3.63, 3.8) is 0 Å². The minimum atomic E-state index is 0.811. The van der Waals surface area contributed by atoms with Crippen molar-refractivity contribution < 1.29 is 4.74 Å². The topological polar surface area (TPSA) is 21.3 Å². The van der Waals surface area contributed by atoms with Crippen LogP contribution in [-0.2, 0) is 0 Å². The van der Waals surface area contributed by atoms with Gasteiger partial charge in [-0.25, -0.2) is 0 Å². The maximum atomic E-state index is 5.26. The molecule has 0 bridgehead atoms. The lowest BCUT2D eigenvalue weighted by atomic mass is 10.2. The van der Waals surface area contributed by atoms with E-state index >= 15 is 0 Å². The van der Waals surface area contributed by atoms with E-state index in [9.17, 15) is 0 Å². The van der Waals surface area contributed by atoms with Gasteiger partial charge in [-0.2, -0.15) is 0 Å². The Labute approximate surface area is 96.6 Å². The molecule has 0 aromatic heterocycles. The van der Waals surface area contributed by atoms with Crippen LogP contribution in [0.2, 0.25) is 0 Å². The summed E-state index contributed by atoms with van der Waals surface area (Å²) in [5.74, 6) is 0.857. The van der Waals surface area contributed by atoms with Crippen molar-refractivity contribution in [2.45, 2.75) is 19.8 Å². The van der Waals surface area contributed by atoms with Crippen LogP contribution >= 0.6 is 12.2 Å². The van der Waals surface area contributed by atoms with Gasteiger partial charge in [0.05, 0.1) is 7.11 Å². The molecule has 1 aromatic carbocycles. The van der Waals surface area contributed by atoms with Gasteiger partial charge in [-0.15, -0.1) is 0 Å². The number of unbranched alkanes of at least 4 members (excludes halogenated alkanes) is 1. The lowest BCUT2D eigenvalue weighted by molar-refractivity contribution is 0.415. The van der Waals surface area contributed by atoms with Gasteiger partial charge in [-0.05, 0) is 30.7 Å². The highest BCUT2D eigenvalue weighted by atomic mass is 32.1. The summed E-state index contributed by atoms with van der Waals surface area (Å²) in [5, 5.41) is 3.23. The predicted molar refractivity (Wildman–Crippen MR) is 67.6 cm³/mol. The zero-order valence-electron chi connectivity index (χ0n) is 9.25. The van der Waals surface area contributed by atoms with Gasteiger partial charge in [0.15, 0.2) is 0 Å². The van der Waals surface area contributed by atoms with Gasteiger partial charge in [0.2, 0.25) is 0 Å². The molecule has 0 fully saturated rings. The SMILES string of the molecule is CCCCNC(=S)c1ccc(OC)cc1. The van der Waals surface area contributed by atoms with Crippen LogP contribution in [0.1, 0.15) is 25.3 Å². The van der Waals surface area contributed by atoms with E-state index in [-0.39, 0.29) is 0 Å². The van der Waals surface area contributed by atoms with Crippen LogP contribution in [0, 0.1) is 0 Å². The quantitative estimate of drug-likeness (QED) is 0.612.